The number of carbonyl (C=O) groups excluding carboxylic acids is 2. The molecule has 0 saturated carbocycles. The van der Waals surface area contributed by atoms with E-state index in [1.807, 2.05) is 35.2 Å². The summed E-state index contributed by atoms with van der Waals surface area (Å²) < 4.78 is 0. The first-order valence-corrected chi connectivity index (χ1v) is 9.39. The zero-order valence-electron chi connectivity index (χ0n) is 15.6. The largest absolute Gasteiger partial charge is 0.343 e. The van der Waals surface area contributed by atoms with Crippen molar-refractivity contribution in [3.63, 3.8) is 0 Å². The number of hydrogen-bond acceptors (Lipinski definition) is 4. The number of amides is 1. The van der Waals surface area contributed by atoms with Crippen molar-refractivity contribution in [2.75, 3.05) is 45.8 Å². The lowest BCUT2D eigenvalue weighted by atomic mass is 9.70. The fraction of sp³-hybridized carbons (Fsp3) is 0.600. The second-order valence-electron chi connectivity index (χ2n) is 7.23. The molecular weight excluding hydrogens is 350 g/mol. The van der Waals surface area contributed by atoms with Crippen LogP contribution < -0.4 is 5.32 Å². The quantitative estimate of drug-likeness (QED) is 0.848. The number of nitrogens with zero attached hydrogens (tertiary/aromatic N) is 2. The van der Waals surface area contributed by atoms with Gasteiger partial charge in [-0.15, -0.1) is 12.4 Å². The molecule has 5 nitrogen and oxygen atoms in total. The number of piperidine rings is 1. The van der Waals surface area contributed by atoms with Gasteiger partial charge in [-0.25, -0.2) is 0 Å². The van der Waals surface area contributed by atoms with Gasteiger partial charge in [-0.2, -0.15) is 0 Å². The van der Waals surface area contributed by atoms with Crippen molar-refractivity contribution in [2.24, 2.45) is 0 Å². The molecule has 1 aromatic rings. The summed E-state index contributed by atoms with van der Waals surface area (Å²) in [5.41, 5.74) is 0.673. The van der Waals surface area contributed by atoms with E-state index in [0.717, 1.165) is 51.1 Å². The van der Waals surface area contributed by atoms with Gasteiger partial charge >= 0.3 is 0 Å². The fourth-order valence-electron chi connectivity index (χ4n) is 4.09. The van der Waals surface area contributed by atoms with Crippen LogP contribution in [0, 0.1) is 0 Å². The average molecular weight is 380 g/mol. The smallest absolute Gasteiger partial charge is 0.223 e. The Balaban J connectivity index is 0.00000243. The molecule has 3 rings (SSSR count). The second-order valence-corrected chi connectivity index (χ2v) is 7.23. The lowest BCUT2D eigenvalue weighted by molar-refractivity contribution is -0.135. The minimum Gasteiger partial charge on any atom is -0.343 e. The third kappa shape index (κ3) is 4.64. The summed E-state index contributed by atoms with van der Waals surface area (Å²) in [6, 6.07) is 10.1. The number of likely N-dealkylation sites (tertiary alicyclic amines) is 1. The second kappa shape index (κ2) is 9.49. The number of rotatable bonds is 5. The molecule has 0 atom stereocenters. The Morgan fingerprint density at radius 3 is 2.23 bits per heavy atom. The number of piperazine rings is 1. The molecule has 2 heterocycles. The third-order valence-electron chi connectivity index (χ3n) is 5.82. The molecule has 26 heavy (non-hydrogen) atoms. The summed E-state index contributed by atoms with van der Waals surface area (Å²) >= 11 is 0. The van der Waals surface area contributed by atoms with E-state index in [0.29, 0.717) is 19.5 Å². The Hall–Kier alpha value is -1.43. The highest BCUT2D eigenvalue weighted by atomic mass is 35.5. The van der Waals surface area contributed by atoms with Crippen LogP contribution in [0.25, 0.3) is 0 Å². The van der Waals surface area contributed by atoms with Gasteiger partial charge in [0.25, 0.3) is 0 Å². The number of Topliss-reactive ketones (excluding diaryl/α,β-unsaturated/α-hetero) is 1. The van der Waals surface area contributed by atoms with Gasteiger partial charge in [-0.1, -0.05) is 30.3 Å². The van der Waals surface area contributed by atoms with E-state index in [4.69, 9.17) is 0 Å². The lowest BCUT2D eigenvalue weighted by Gasteiger charge is -2.41. The molecule has 1 aromatic carbocycles. The van der Waals surface area contributed by atoms with Gasteiger partial charge < -0.3 is 15.1 Å². The monoisotopic (exact) mass is 379 g/mol. The van der Waals surface area contributed by atoms with Gasteiger partial charge in [-0.05, 0) is 25.3 Å². The van der Waals surface area contributed by atoms with Gasteiger partial charge in [0, 0.05) is 52.2 Å². The van der Waals surface area contributed by atoms with Crippen molar-refractivity contribution >= 4 is 24.1 Å². The lowest BCUT2D eigenvalue weighted by Crippen LogP contribution is -2.49. The Morgan fingerprint density at radius 1 is 1.04 bits per heavy atom. The van der Waals surface area contributed by atoms with Crippen molar-refractivity contribution in [3.8, 4) is 0 Å². The number of hydrogen-bond donors (Lipinski definition) is 1. The number of ketones is 1. The van der Waals surface area contributed by atoms with Crippen LogP contribution in [-0.2, 0) is 15.0 Å². The number of halogens is 1. The molecule has 1 N–H and O–H groups in total. The van der Waals surface area contributed by atoms with Crippen LogP contribution in [0.4, 0.5) is 0 Å². The molecule has 0 bridgehead atoms. The van der Waals surface area contributed by atoms with E-state index in [1.165, 1.54) is 0 Å². The van der Waals surface area contributed by atoms with Crippen LogP contribution in [0.2, 0.25) is 0 Å². The maximum Gasteiger partial charge on any atom is 0.223 e. The van der Waals surface area contributed by atoms with Crippen LogP contribution in [-0.4, -0.2) is 67.3 Å². The summed E-state index contributed by atoms with van der Waals surface area (Å²) in [5, 5.41) is 3.33. The Bertz CT molecular complexity index is 594. The highest BCUT2D eigenvalue weighted by molar-refractivity contribution is 5.88. The Labute approximate surface area is 162 Å². The molecule has 2 fully saturated rings. The first-order valence-electron chi connectivity index (χ1n) is 9.39. The van der Waals surface area contributed by atoms with Crippen LogP contribution in [0.5, 0.6) is 0 Å². The Morgan fingerprint density at radius 2 is 1.65 bits per heavy atom. The average Bonchev–Trinajstić information content (AvgIpc) is 2.67. The van der Waals surface area contributed by atoms with Crippen molar-refractivity contribution in [1.82, 2.24) is 15.1 Å². The molecule has 6 heteroatoms. The zero-order chi connectivity index (χ0) is 17.7. The van der Waals surface area contributed by atoms with Gasteiger partial charge in [0.2, 0.25) is 5.91 Å². The maximum atomic E-state index is 12.6. The predicted molar refractivity (Wildman–Crippen MR) is 106 cm³/mol. The van der Waals surface area contributed by atoms with E-state index in [-0.39, 0.29) is 24.1 Å². The van der Waals surface area contributed by atoms with Crippen molar-refractivity contribution in [3.05, 3.63) is 35.9 Å². The van der Waals surface area contributed by atoms with E-state index >= 15 is 0 Å². The van der Waals surface area contributed by atoms with E-state index < -0.39 is 5.41 Å². The first-order chi connectivity index (χ1) is 12.1. The summed E-state index contributed by atoms with van der Waals surface area (Å²) in [6.07, 6.45) is 2.04. The van der Waals surface area contributed by atoms with E-state index in [2.05, 4.69) is 10.2 Å². The maximum absolute atomic E-state index is 12.6. The first kappa shape index (κ1) is 20.9. The van der Waals surface area contributed by atoms with Crippen LogP contribution in [0.1, 0.15) is 31.7 Å². The summed E-state index contributed by atoms with van der Waals surface area (Å²) in [6.45, 7) is 7.95. The standard InChI is InChI=1S/C20H29N3O2.ClH/c1-17(24)20(18-5-3-2-4-6-18)8-13-23(14-9-20)19(25)7-12-22-15-10-21-11-16-22;/h2-6,21H,7-16H2,1H3;1H. The number of carbonyl (C=O) groups is 2. The van der Waals surface area contributed by atoms with E-state index in [9.17, 15) is 9.59 Å². The normalized spacial score (nSPS) is 20.3. The summed E-state index contributed by atoms with van der Waals surface area (Å²) in [4.78, 5) is 29.3. The highest BCUT2D eigenvalue weighted by Crippen LogP contribution is 2.36. The minimum atomic E-state index is -0.420. The van der Waals surface area contributed by atoms with Crippen LogP contribution in [0.15, 0.2) is 30.3 Å². The fourth-order valence-corrected chi connectivity index (χ4v) is 4.09. The molecular formula is C20H30ClN3O2. The zero-order valence-corrected chi connectivity index (χ0v) is 16.4. The molecule has 144 valence electrons. The molecule has 2 aliphatic rings. The van der Waals surface area contributed by atoms with Gasteiger partial charge in [-0.3, -0.25) is 9.59 Å². The predicted octanol–water partition coefficient (Wildman–Crippen LogP) is 1.85. The summed E-state index contributed by atoms with van der Waals surface area (Å²) in [5.74, 6) is 0.440. The van der Waals surface area contributed by atoms with Crippen LogP contribution in [0.3, 0.4) is 0 Å². The molecule has 0 spiro atoms. The van der Waals surface area contributed by atoms with Gasteiger partial charge in [0.1, 0.15) is 5.78 Å². The molecule has 0 aliphatic carbocycles. The van der Waals surface area contributed by atoms with Gasteiger partial charge in [0.05, 0.1) is 5.41 Å². The minimum absolute atomic E-state index is 0. The van der Waals surface area contributed by atoms with Crippen LogP contribution >= 0.6 is 12.4 Å². The molecule has 0 radical (unpaired) electrons. The SMILES string of the molecule is CC(=O)C1(c2ccccc2)CCN(C(=O)CCN2CCNCC2)CC1.Cl. The third-order valence-corrected chi connectivity index (χ3v) is 5.82. The number of benzene rings is 1. The number of nitrogens with one attached hydrogen (secondary N) is 1. The molecule has 0 aromatic heterocycles. The summed E-state index contributed by atoms with van der Waals surface area (Å²) in [7, 11) is 0. The molecule has 2 saturated heterocycles. The molecule has 2 aliphatic heterocycles. The topological polar surface area (TPSA) is 52.7 Å². The van der Waals surface area contributed by atoms with Crippen molar-refractivity contribution < 1.29 is 9.59 Å². The van der Waals surface area contributed by atoms with Crippen molar-refractivity contribution in [2.45, 2.75) is 31.6 Å². The van der Waals surface area contributed by atoms with Gasteiger partial charge in [0.15, 0.2) is 0 Å². The van der Waals surface area contributed by atoms with E-state index in [1.54, 1.807) is 6.92 Å². The van der Waals surface area contributed by atoms with Crippen molar-refractivity contribution in [1.29, 1.82) is 0 Å². The molecule has 1 amide bonds. The highest BCUT2D eigenvalue weighted by Gasteiger charge is 2.41. The Kier molecular flexibility index (Phi) is 7.62. The molecule has 0 unspecified atom stereocenters.